The van der Waals surface area contributed by atoms with E-state index in [-0.39, 0.29) is 23.2 Å². The molecule has 0 saturated heterocycles. The number of carbonyl (C=O) groups is 1. The van der Waals surface area contributed by atoms with E-state index in [0.29, 0.717) is 0 Å². The monoisotopic (exact) mass is 291 g/mol. The number of fused-ring (bicyclic) bond motifs is 1. The summed E-state index contributed by atoms with van der Waals surface area (Å²) in [6.07, 6.45) is -4.51. The fourth-order valence-corrected chi connectivity index (χ4v) is 1.73. The molecular formula is C14H20F3NO2. The second-order valence-corrected chi connectivity index (χ2v) is 3.51. The molecule has 0 bridgehead atoms. The number of aliphatic hydroxyl groups excluding tert-OH is 1. The van der Waals surface area contributed by atoms with Crippen molar-refractivity contribution >= 4 is 5.91 Å². The molecule has 2 N–H and O–H groups in total. The highest BCUT2D eigenvalue weighted by Crippen LogP contribution is 2.35. The Bertz CT molecular complexity index is 456. The van der Waals surface area contributed by atoms with Gasteiger partial charge in [-0.1, -0.05) is 27.7 Å². The summed E-state index contributed by atoms with van der Waals surface area (Å²) >= 11 is 0. The van der Waals surface area contributed by atoms with Crippen LogP contribution in [0.15, 0.2) is 12.1 Å². The van der Waals surface area contributed by atoms with Crippen molar-refractivity contribution in [1.82, 2.24) is 5.32 Å². The van der Waals surface area contributed by atoms with Crippen molar-refractivity contribution < 1.29 is 23.1 Å². The molecule has 20 heavy (non-hydrogen) atoms. The average molecular weight is 291 g/mol. The highest BCUT2D eigenvalue weighted by atomic mass is 19.4. The molecule has 0 radical (unpaired) electrons. The van der Waals surface area contributed by atoms with Gasteiger partial charge in [0.2, 0.25) is 0 Å². The molecule has 1 aromatic carbocycles. The third-order valence-corrected chi connectivity index (χ3v) is 2.47. The van der Waals surface area contributed by atoms with Gasteiger partial charge in [-0.15, -0.1) is 0 Å². The lowest BCUT2D eigenvalue weighted by atomic mass is 9.99. The van der Waals surface area contributed by atoms with Gasteiger partial charge in [0, 0.05) is 12.1 Å². The van der Waals surface area contributed by atoms with Crippen LogP contribution < -0.4 is 5.32 Å². The number of rotatable bonds is 1. The normalized spacial score (nSPS) is 12.5. The van der Waals surface area contributed by atoms with Gasteiger partial charge < -0.3 is 10.4 Å². The zero-order chi connectivity index (χ0) is 15.9. The molecule has 1 aliphatic heterocycles. The van der Waals surface area contributed by atoms with Crippen LogP contribution >= 0.6 is 0 Å². The second-order valence-electron chi connectivity index (χ2n) is 3.51. The lowest BCUT2D eigenvalue weighted by molar-refractivity contribution is -0.138. The third-order valence-electron chi connectivity index (χ3n) is 2.47. The van der Waals surface area contributed by atoms with E-state index in [1.807, 2.05) is 27.7 Å². The first-order valence-corrected chi connectivity index (χ1v) is 6.55. The lowest BCUT2D eigenvalue weighted by Gasteiger charge is -2.12. The van der Waals surface area contributed by atoms with Crippen LogP contribution in [0.5, 0.6) is 0 Å². The Morgan fingerprint density at radius 2 is 1.75 bits per heavy atom. The summed E-state index contributed by atoms with van der Waals surface area (Å²) in [5, 5.41) is 11.2. The van der Waals surface area contributed by atoms with Gasteiger partial charge in [-0.3, -0.25) is 4.79 Å². The Balaban J connectivity index is 0.000000829. The summed E-state index contributed by atoms with van der Waals surface area (Å²) in [7, 11) is 0. The number of aliphatic hydroxyl groups is 1. The van der Waals surface area contributed by atoms with E-state index in [1.54, 1.807) is 0 Å². The van der Waals surface area contributed by atoms with E-state index in [4.69, 9.17) is 5.11 Å². The fraction of sp³-hybridized carbons (Fsp3) is 0.500. The quantitative estimate of drug-likeness (QED) is 0.832. The Morgan fingerprint density at radius 3 is 2.20 bits per heavy atom. The molecule has 0 unspecified atom stereocenters. The van der Waals surface area contributed by atoms with Gasteiger partial charge in [-0.25, -0.2) is 0 Å². The van der Waals surface area contributed by atoms with Gasteiger partial charge in [0.1, 0.15) is 0 Å². The molecule has 0 aliphatic carbocycles. The maximum atomic E-state index is 12.7. The van der Waals surface area contributed by atoms with Gasteiger partial charge in [0.25, 0.3) is 5.91 Å². The van der Waals surface area contributed by atoms with E-state index in [1.165, 1.54) is 6.07 Å². The first-order valence-electron chi connectivity index (χ1n) is 6.55. The van der Waals surface area contributed by atoms with Crippen molar-refractivity contribution in [3.8, 4) is 0 Å². The van der Waals surface area contributed by atoms with Crippen molar-refractivity contribution in [1.29, 1.82) is 0 Å². The minimum atomic E-state index is -4.51. The zero-order valence-corrected chi connectivity index (χ0v) is 12.1. The first-order chi connectivity index (χ1) is 9.43. The summed E-state index contributed by atoms with van der Waals surface area (Å²) in [5.41, 5.74) is -0.816. The number of hydrogen-bond acceptors (Lipinski definition) is 2. The molecule has 1 amide bonds. The van der Waals surface area contributed by atoms with Gasteiger partial charge in [-0.05, 0) is 23.3 Å². The molecule has 1 aromatic rings. The van der Waals surface area contributed by atoms with Crippen molar-refractivity contribution in [3.05, 3.63) is 34.4 Å². The molecule has 114 valence electrons. The smallest absolute Gasteiger partial charge is 0.392 e. The Hall–Kier alpha value is -1.56. The van der Waals surface area contributed by atoms with Crippen LogP contribution in [0.1, 0.15) is 54.7 Å². The van der Waals surface area contributed by atoms with Gasteiger partial charge in [0.05, 0.1) is 12.2 Å². The van der Waals surface area contributed by atoms with E-state index in [2.05, 4.69) is 5.32 Å². The molecule has 1 aliphatic rings. The van der Waals surface area contributed by atoms with Crippen LogP contribution in [0.3, 0.4) is 0 Å². The summed E-state index contributed by atoms with van der Waals surface area (Å²) < 4.78 is 38.0. The number of carbonyl (C=O) groups excluding carboxylic acids is 1. The lowest BCUT2D eigenvalue weighted by Crippen LogP contribution is -2.12. The van der Waals surface area contributed by atoms with Crippen molar-refractivity contribution in [2.24, 2.45) is 0 Å². The number of amides is 1. The number of benzene rings is 1. The number of alkyl halides is 3. The standard InChI is InChI=1S/C10H8F3NO2.2C2H6/c11-10(12,13)8-2-5(4-15)1-6-7(8)3-14-9(6)16;2*1-2/h1-2,15H,3-4H2,(H,14,16);2*1-2H3. The predicted molar refractivity (Wildman–Crippen MR) is 71.2 cm³/mol. The predicted octanol–water partition coefficient (Wildman–Crippen LogP) is 3.49. The van der Waals surface area contributed by atoms with E-state index >= 15 is 0 Å². The molecule has 1 heterocycles. The van der Waals surface area contributed by atoms with Crippen molar-refractivity contribution in [2.45, 2.75) is 47.0 Å². The van der Waals surface area contributed by atoms with E-state index in [0.717, 1.165) is 6.07 Å². The first kappa shape index (κ1) is 18.4. The molecular weight excluding hydrogens is 271 g/mol. The SMILES string of the molecule is CC.CC.O=C1NCc2c1cc(CO)cc2C(F)(F)F. The van der Waals surface area contributed by atoms with Gasteiger partial charge in [-0.2, -0.15) is 13.2 Å². The van der Waals surface area contributed by atoms with Crippen molar-refractivity contribution in [3.63, 3.8) is 0 Å². The molecule has 6 heteroatoms. The minimum Gasteiger partial charge on any atom is -0.392 e. The van der Waals surface area contributed by atoms with Crippen LogP contribution in [0.25, 0.3) is 0 Å². The Kier molecular flexibility index (Phi) is 7.28. The van der Waals surface area contributed by atoms with Gasteiger partial charge in [0.15, 0.2) is 0 Å². The molecule has 2 rings (SSSR count). The Labute approximate surface area is 116 Å². The molecule has 0 atom stereocenters. The van der Waals surface area contributed by atoms with Crippen LogP contribution in [0.4, 0.5) is 13.2 Å². The van der Waals surface area contributed by atoms with E-state index < -0.39 is 24.3 Å². The number of hydrogen-bond donors (Lipinski definition) is 2. The van der Waals surface area contributed by atoms with Crippen LogP contribution in [-0.4, -0.2) is 11.0 Å². The van der Waals surface area contributed by atoms with Crippen LogP contribution in [-0.2, 0) is 19.3 Å². The van der Waals surface area contributed by atoms with Crippen LogP contribution in [0.2, 0.25) is 0 Å². The number of nitrogens with one attached hydrogen (secondary N) is 1. The van der Waals surface area contributed by atoms with E-state index in [9.17, 15) is 18.0 Å². The minimum absolute atomic E-state index is 0.00104. The van der Waals surface area contributed by atoms with Crippen LogP contribution in [0, 0.1) is 0 Å². The fourth-order valence-electron chi connectivity index (χ4n) is 1.73. The van der Waals surface area contributed by atoms with Crippen molar-refractivity contribution in [2.75, 3.05) is 0 Å². The molecule has 0 fully saturated rings. The Morgan fingerprint density at radius 1 is 1.20 bits per heavy atom. The average Bonchev–Trinajstić information content (AvgIpc) is 2.83. The third kappa shape index (κ3) is 3.96. The molecule has 0 aromatic heterocycles. The summed E-state index contributed by atoms with van der Waals surface area (Å²) in [6, 6.07) is 2.16. The second kappa shape index (κ2) is 7.89. The highest BCUT2D eigenvalue weighted by Gasteiger charge is 2.37. The summed E-state index contributed by atoms with van der Waals surface area (Å²) in [4.78, 5) is 11.3. The zero-order valence-electron chi connectivity index (χ0n) is 12.1. The highest BCUT2D eigenvalue weighted by molar-refractivity contribution is 5.99. The largest absolute Gasteiger partial charge is 0.416 e. The number of halogens is 3. The molecule has 0 spiro atoms. The summed E-state index contributed by atoms with van der Waals surface area (Å²) in [5.74, 6) is -0.532. The molecule has 0 saturated carbocycles. The van der Waals surface area contributed by atoms with Gasteiger partial charge >= 0.3 is 6.18 Å². The maximum absolute atomic E-state index is 12.7. The maximum Gasteiger partial charge on any atom is 0.416 e. The molecule has 3 nitrogen and oxygen atoms in total. The summed E-state index contributed by atoms with van der Waals surface area (Å²) in [6.45, 7) is 7.36. The topological polar surface area (TPSA) is 49.3 Å².